The van der Waals surface area contributed by atoms with Crippen molar-refractivity contribution in [2.24, 2.45) is 0 Å². The number of halogens is 2. The van der Waals surface area contributed by atoms with Crippen molar-refractivity contribution in [2.75, 3.05) is 5.73 Å². The average molecular weight is 253 g/mol. The number of rotatable bonds is 3. The Bertz CT molecular complexity index is 534. The highest BCUT2D eigenvalue weighted by molar-refractivity contribution is 6.31. The number of hydrogen-bond donors (Lipinski definition) is 1. The molecule has 0 atom stereocenters. The molecule has 0 aliphatic carbocycles. The van der Waals surface area contributed by atoms with E-state index in [-0.39, 0.29) is 6.61 Å². The quantitative estimate of drug-likeness (QED) is 0.854. The molecule has 88 valence electrons. The van der Waals surface area contributed by atoms with Crippen LogP contribution < -0.4 is 10.5 Å². The highest BCUT2D eigenvalue weighted by Crippen LogP contribution is 2.24. The zero-order chi connectivity index (χ0) is 12.3. The number of hydrogen-bond acceptors (Lipinski definition) is 3. The van der Waals surface area contributed by atoms with Crippen LogP contribution in [0.15, 0.2) is 36.7 Å². The summed E-state index contributed by atoms with van der Waals surface area (Å²) < 4.78 is 18.4. The Balaban J connectivity index is 2.12. The van der Waals surface area contributed by atoms with Gasteiger partial charge in [-0.25, -0.2) is 4.39 Å². The van der Waals surface area contributed by atoms with Gasteiger partial charge in [-0.1, -0.05) is 11.6 Å². The van der Waals surface area contributed by atoms with Crippen LogP contribution in [0.25, 0.3) is 0 Å². The third-order valence-corrected chi connectivity index (χ3v) is 2.56. The zero-order valence-electron chi connectivity index (χ0n) is 8.86. The third kappa shape index (κ3) is 2.85. The van der Waals surface area contributed by atoms with Crippen molar-refractivity contribution in [3.05, 3.63) is 53.1 Å². The van der Waals surface area contributed by atoms with Gasteiger partial charge in [-0.2, -0.15) is 0 Å². The standard InChI is InChI=1S/C12H10ClFN2O/c13-10-6-16-4-3-8(10)7-17-12-5-9(14)1-2-11(12)15/h1-6H,7,15H2. The van der Waals surface area contributed by atoms with Crippen LogP contribution in [0.5, 0.6) is 5.75 Å². The van der Waals surface area contributed by atoms with Gasteiger partial charge in [-0.3, -0.25) is 4.98 Å². The van der Waals surface area contributed by atoms with E-state index in [4.69, 9.17) is 22.1 Å². The molecule has 0 aliphatic rings. The van der Waals surface area contributed by atoms with Crippen molar-refractivity contribution in [1.29, 1.82) is 0 Å². The van der Waals surface area contributed by atoms with Crippen LogP contribution in [0.2, 0.25) is 5.02 Å². The fraction of sp³-hybridized carbons (Fsp3) is 0.0833. The highest BCUT2D eigenvalue weighted by Gasteiger charge is 2.05. The Kier molecular flexibility index (Phi) is 3.44. The van der Waals surface area contributed by atoms with Gasteiger partial charge in [0.15, 0.2) is 0 Å². The van der Waals surface area contributed by atoms with E-state index in [2.05, 4.69) is 4.98 Å². The van der Waals surface area contributed by atoms with E-state index in [1.54, 1.807) is 12.3 Å². The number of anilines is 1. The van der Waals surface area contributed by atoms with Gasteiger partial charge in [0, 0.05) is 24.0 Å². The van der Waals surface area contributed by atoms with Crippen LogP contribution in [0, 0.1) is 5.82 Å². The van der Waals surface area contributed by atoms with Crippen molar-refractivity contribution in [3.63, 3.8) is 0 Å². The summed E-state index contributed by atoms with van der Waals surface area (Å²) in [5.74, 6) is -0.0899. The van der Waals surface area contributed by atoms with Crippen LogP contribution in [0.4, 0.5) is 10.1 Å². The van der Waals surface area contributed by atoms with Crippen molar-refractivity contribution in [3.8, 4) is 5.75 Å². The molecule has 0 unspecified atom stereocenters. The van der Waals surface area contributed by atoms with E-state index < -0.39 is 5.82 Å². The summed E-state index contributed by atoms with van der Waals surface area (Å²) >= 11 is 5.91. The van der Waals surface area contributed by atoms with Gasteiger partial charge in [0.05, 0.1) is 10.7 Å². The highest BCUT2D eigenvalue weighted by atomic mass is 35.5. The third-order valence-electron chi connectivity index (χ3n) is 2.22. The van der Waals surface area contributed by atoms with Gasteiger partial charge >= 0.3 is 0 Å². The normalized spacial score (nSPS) is 10.2. The van der Waals surface area contributed by atoms with Gasteiger partial charge in [0.1, 0.15) is 18.2 Å². The lowest BCUT2D eigenvalue weighted by Crippen LogP contribution is -2.00. The van der Waals surface area contributed by atoms with Crippen LogP contribution in [-0.4, -0.2) is 4.98 Å². The van der Waals surface area contributed by atoms with Gasteiger partial charge < -0.3 is 10.5 Å². The van der Waals surface area contributed by atoms with Crippen LogP contribution in [0.1, 0.15) is 5.56 Å². The number of nitrogens with two attached hydrogens (primary N) is 1. The lowest BCUT2D eigenvalue weighted by molar-refractivity contribution is 0.306. The van der Waals surface area contributed by atoms with Crippen molar-refractivity contribution in [2.45, 2.75) is 6.61 Å². The molecule has 1 aromatic heterocycles. The van der Waals surface area contributed by atoms with Crippen molar-refractivity contribution in [1.82, 2.24) is 4.98 Å². The first kappa shape index (κ1) is 11.7. The average Bonchev–Trinajstić information content (AvgIpc) is 2.32. The molecule has 2 aromatic rings. The van der Waals surface area contributed by atoms with Gasteiger partial charge in [-0.15, -0.1) is 0 Å². The first-order chi connectivity index (χ1) is 8.16. The molecule has 0 fully saturated rings. The fourth-order valence-electron chi connectivity index (χ4n) is 1.31. The topological polar surface area (TPSA) is 48.1 Å². The Morgan fingerprint density at radius 2 is 2.18 bits per heavy atom. The maximum atomic E-state index is 13.0. The molecule has 0 radical (unpaired) electrons. The van der Waals surface area contributed by atoms with E-state index in [0.29, 0.717) is 16.5 Å². The molecule has 2 rings (SSSR count). The number of aromatic nitrogens is 1. The number of nitrogens with zero attached hydrogens (tertiary/aromatic N) is 1. The Labute approximate surface area is 103 Å². The molecule has 2 N–H and O–H groups in total. The van der Waals surface area contributed by atoms with Crippen molar-refractivity contribution < 1.29 is 9.13 Å². The first-order valence-electron chi connectivity index (χ1n) is 4.93. The molecule has 0 aliphatic heterocycles. The number of pyridine rings is 1. The Morgan fingerprint density at radius 3 is 2.94 bits per heavy atom. The van der Waals surface area contributed by atoms with Crippen LogP contribution in [-0.2, 0) is 6.61 Å². The maximum Gasteiger partial charge on any atom is 0.145 e. The molecule has 5 heteroatoms. The second-order valence-electron chi connectivity index (χ2n) is 3.44. The second kappa shape index (κ2) is 5.01. The predicted molar refractivity (Wildman–Crippen MR) is 64.4 cm³/mol. The monoisotopic (exact) mass is 252 g/mol. The van der Waals surface area contributed by atoms with Gasteiger partial charge in [0.25, 0.3) is 0 Å². The van der Waals surface area contributed by atoms with E-state index in [1.165, 1.54) is 24.4 Å². The summed E-state index contributed by atoms with van der Waals surface area (Å²) in [6, 6.07) is 5.71. The lowest BCUT2D eigenvalue weighted by Gasteiger charge is -2.09. The summed E-state index contributed by atoms with van der Waals surface area (Å²) in [5, 5.41) is 0.502. The molecular formula is C12H10ClFN2O. The smallest absolute Gasteiger partial charge is 0.145 e. The molecule has 0 amide bonds. The Morgan fingerprint density at radius 1 is 1.35 bits per heavy atom. The fourth-order valence-corrected chi connectivity index (χ4v) is 1.48. The summed E-state index contributed by atoms with van der Waals surface area (Å²) in [4.78, 5) is 3.86. The van der Waals surface area contributed by atoms with Crippen molar-refractivity contribution >= 4 is 17.3 Å². The molecule has 17 heavy (non-hydrogen) atoms. The largest absolute Gasteiger partial charge is 0.487 e. The van der Waals surface area contributed by atoms with E-state index >= 15 is 0 Å². The van der Waals surface area contributed by atoms with Gasteiger partial charge in [-0.05, 0) is 18.2 Å². The molecule has 3 nitrogen and oxygen atoms in total. The minimum Gasteiger partial charge on any atom is -0.487 e. The summed E-state index contributed by atoms with van der Waals surface area (Å²) in [5.41, 5.74) is 6.81. The number of benzene rings is 1. The molecule has 0 saturated heterocycles. The number of nitrogen functional groups attached to an aromatic ring is 1. The lowest BCUT2D eigenvalue weighted by atomic mass is 10.2. The maximum absolute atomic E-state index is 13.0. The van der Waals surface area contributed by atoms with Crippen LogP contribution >= 0.6 is 11.6 Å². The Hall–Kier alpha value is -1.81. The minimum atomic E-state index is -0.393. The summed E-state index contributed by atoms with van der Waals surface area (Å²) in [6.45, 7) is 0.217. The molecule has 0 bridgehead atoms. The second-order valence-corrected chi connectivity index (χ2v) is 3.85. The molecule has 1 aromatic carbocycles. The molecule has 1 heterocycles. The molecule has 0 saturated carbocycles. The van der Waals surface area contributed by atoms with E-state index in [0.717, 1.165) is 5.56 Å². The van der Waals surface area contributed by atoms with E-state index in [1.807, 2.05) is 0 Å². The summed E-state index contributed by atoms with van der Waals surface area (Å²) in [6.07, 6.45) is 3.13. The van der Waals surface area contributed by atoms with Crippen LogP contribution in [0.3, 0.4) is 0 Å². The molecular weight excluding hydrogens is 243 g/mol. The predicted octanol–water partition coefficient (Wildman–Crippen LogP) is 3.04. The first-order valence-corrected chi connectivity index (χ1v) is 5.31. The SMILES string of the molecule is Nc1ccc(F)cc1OCc1ccncc1Cl. The van der Waals surface area contributed by atoms with E-state index in [9.17, 15) is 4.39 Å². The summed E-state index contributed by atoms with van der Waals surface area (Å²) in [7, 11) is 0. The van der Waals surface area contributed by atoms with Gasteiger partial charge in [0.2, 0.25) is 0 Å². The minimum absolute atomic E-state index is 0.217. The zero-order valence-corrected chi connectivity index (χ0v) is 9.62. The number of ether oxygens (including phenoxy) is 1. The molecule has 0 spiro atoms.